The van der Waals surface area contributed by atoms with Crippen LogP contribution >= 0.6 is 0 Å². The third kappa shape index (κ3) is 6.15. The number of carbonyl (C=O) groups is 1. The van der Waals surface area contributed by atoms with Gasteiger partial charge in [0, 0.05) is 18.2 Å². The molecule has 3 rings (SSSR count). The molecule has 0 amide bonds. The van der Waals surface area contributed by atoms with Gasteiger partial charge in [-0.3, -0.25) is 10.1 Å². The van der Waals surface area contributed by atoms with E-state index in [4.69, 9.17) is 24.6 Å². The first-order chi connectivity index (χ1) is 15.5. The number of aliphatic hydroxyl groups is 1. The van der Waals surface area contributed by atoms with Gasteiger partial charge in [0.25, 0.3) is 5.69 Å². The third-order valence-electron chi connectivity index (χ3n) is 3.98. The highest BCUT2D eigenvalue weighted by Crippen LogP contribution is 2.31. The Morgan fingerprint density at radius 2 is 1.47 bits per heavy atom. The molecule has 32 heavy (non-hydrogen) atoms. The number of benzene rings is 3. The minimum Gasteiger partial charge on any atom is -0.460 e. The van der Waals surface area contributed by atoms with Crippen LogP contribution in [0.5, 0.6) is 23.0 Å². The van der Waals surface area contributed by atoms with Crippen LogP contribution in [0.25, 0.3) is 0 Å². The van der Waals surface area contributed by atoms with Crippen molar-refractivity contribution in [2.45, 2.75) is 0 Å². The summed E-state index contributed by atoms with van der Waals surface area (Å²) in [7, 11) is 0. The van der Waals surface area contributed by atoms with Crippen LogP contribution in [0.4, 0.5) is 11.4 Å². The molecule has 3 aromatic carbocycles. The van der Waals surface area contributed by atoms with Gasteiger partial charge in [-0.2, -0.15) is 0 Å². The van der Waals surface area contributed by atoms with E-state index in [9.17, 15) is 14.9 Å². The van der Waals surface area contributed by atoms with E-state index in [-0.39, 0.29) is 36.0 Å². The van der Waals surface area contributed by atoms with E-state index in [1.807, 2.05) is 0 Å². The topological polar surface area (TPSA) is 150 Å². The zero-order chi connectivity index (χ0) is 22.9. The van der Waals surface area contributed by atoms with Crippen molar-refractivity contribution in [2.24, 2.45) is 0 Å². The summed E-state index contributed by atoms with van der Waals surface area (Å²) in [5, 5.41) is 28.1. The first kappa shape index (κ1) is 22.5. The number of esters is 1. The molecule has 0 atom stereocenters. The van der Waals surface area contributed by atoms with Gasteiger partial charge in [0.15, 0.2) is 0 Å². The summed E-state index contributed by atoms with van der Waals surface area (Å²) in [5.41, 5.74) is 2.74. The second-order valence-electron chi connectivity index (χ2n) is 6.23. The molecule has 0 aliphatic heterocycles. The van der Waals surface area contributed by atoms with E-state index >= 15 is 0 Å². The van der Waals surface area contributed by atoms with Crippen molar-refractivity contribution in [3.05, 3.63) is 82.4 Å². The van der Waals surface area contributed by atoms with Crippen LogP contribution in [0.3, 0.4) is 0 Å². The Bertz CT molecular complexity index is 1070. The first-order valence-corrected chi connectivity index (χ1v) is 9.18. The smallest absolute Gasteiger partial charge is 0.338 e. The first-order valence-electron chi connectivity index (χ1n) is 9.18. The lowest BCUT2D eigenvalue weighted by molar-refractivity contribution is -0.384. The monoisotopic (exact) mass is 442 g/mol. The number of aliphatic hydroxyl groups excluding tert-OH is 1. The molecule has 0 aliphatic rings. The van der Waals surface area contributed by atoms with Crippen LogP contribution in [0.2, 0.25) is 0 Å². The fourth-order valence-corrected chi connectivity index (χ4v) is 2.58. The van der Waals surface area contributed by atoms with Crippen LogP contribution in [0.15, 0.2) is 66.7 Å². The van der Waals surface area contributed by atoms with Gasteiger partial charge >= 0.3 is 5.97 Å². The number of ether oxygens (including phenoxy) is 3. The van der Waals surface area contributed by atoms with Gasteiger partial charge in [0.05, 0.1) is 22.8 Å². The van der Waals surface area contributed by atoms with E-state index in [0.717, 1.165) is 0 Å². The molecule has 0 aliphatic carbocycles. The Morgan fingerprint density at radius 1 is 0.906 bits per heavy atom. The molecule has 0 spiro atoms. The quantitative estimate of drug-likeness (QED) is 0.181. The van der Waals surface area contributed by atoms with Crippen molar-refractivity contribution in [3.8, 4) is 23.0 Å². The van der Waals surface area contributed by atoms with E-state index in [1.165, 1.54) is 42.5 Å². The Hall–Kier alpha value is -4.19. The average molecular weight is 442 g/mol. The fraction of sp³-hybridized carbons (Fsp3) is 0.0952. The van der Waals surface area contributed by atoms with Gasteiger partial charge in [-0.25, -0.2) is 15.5 Å². The summed E-state index contributed by atoms with van der Waals surface area (Å²) in [5.74, 6) is 0.494. The van der Waals surface area contributed by atoms with E-state index in [2.05, 4.69) is 10.5 Å². The molecule has 3 N–H and O–H groups in total. The Labute approximate surface area is 181 Å². The summed E-state index contributed by atoms with van der Waals surface area (Å²) >= 11 is 0. The maximum absolute atomic E-state index is 12.3. The molecule has 0 fully saturated rings. The predicted octanol–water partition coefficient (Wildman–Crippen LogP) is 4.15. The van der Waals surface area contributed by atoms with Crippen LogP contribution in [-0.4, -0.2) is 34.5 Å². The molecule has 11 heteroatoms. The highest BCUT2D eigenvalue weighted by atomic mass is 17.2. The molecule has 166 valence electrons. The number of nitro groups is 1. The van der Waals surface area contributed by atoms with E-state index in [0.29, 0.717) is 17.2 Å². The second-order valence-corrected chi connectivity index (χ2v) is 6.23. The number of rotatable bonds is 10. The minimum atomic E-state index is -0.697. The number of hydrogen-bond donors (Lipinski definition) is 3. The molecule has 0 aromatic heterocycles. The maximum atomic E-state index is 12.3. The van der Waals surface area contributed by atoms with Crippen molar-refractivity contribution in [1.29, 1.82) is 0 Å². The standard InChI is InChI=1S/C21H18N2O9/c24-9-10-29-21(25)14-11-19(30-17-5-1-15(2-6-17)22-32-28)13-20(12-14)31-18-7-3-16(4-8-18)23(26)27/h1-8,11-13,22,24,28H,9-10H2. The van der Waals surface area contributed by atoms with E-state index in [1.54, 1.807) is 24.3 Å². The molecule has 0 heterocycles. The van der Waals surface area contributed by atoms with Gasteiger partial charge in [-0.05, 0) is 48.5 Å². The fourth-order valence-electron chi connectivity index (χ4n) is 2.58. The molecule has 0 saturated heterocycles. The SMILES string of the molecule is O=C(OCCO)c1cc(Oc2ccc(NOO)cc2)cc(Oc2ccc([N+](=O)[O-])cc2)c1. The van der Waals surface area contributed by atoms with Gasteiger partial charge in [0.2, 0.25) is 0 Å². The van der Waals surface area contributed by atoms with Crippen molar-refractivity contribution < 1.29 is 39.3 Å². The highest BCUT2D eigenvalue weighted by Gasteiger charge is 2.14. The van der Waals surface area contributed by atoms with E-state index < -0.39 is 10.9 Å². The predicted molar refractivity (Wildman–Crippen MR) is 111 cm³/mol. The zero-order valence-electron chi connectivity index (χ0n) is 16.5. The number of nitrogens with one attached hydrogen (secondary N) is 1. The summed E-state index contributed by atoms with van der Waals surface area (Å²) in [6, 6.07) is 16.1. The maximum Gasteiger partial charge on any atom is 0.338 e. The number of nitro benzene ring substituents is 1. The van der Waals surface area contributed by atoms with Gasteiger partial charge in [0.1, 0.15) is 29.6 Å². The molecular formula is C21H18N2O9. The summed E-state index contributed by atoms with van der Waals surface area (Å²) < 4.78 is 16.5. The molecule has 11 nitrogen and oxygen atoms in total. The van der Waals surface area contributed by atoms with Crippen molar-refractivity contribution in [2.75, 3.05) is 18.7 Å². The van der Waals surface area contributed by atoms with Crippen LogP contribution in [0.1, 0.15) is 10.4 Å². The Kier molecular flexibility index (Phi) is 7.54. The van der Waals surface area contributed by atoms with Crippen LogP contribution in [-0.2, 0) is 9.73 Å². The number of non-ortho nitro benzene ring substituents is 1. The summed E-state index contributed by atoms with van der Waals surface area (Å²) in [6.45, 7) is -0.504. The van der Waals surface area contributed by atoms with Crippen LogP contribution in [0, 0.1) is 10.1 Å². The number of nitrogens with zero attached hydrogens (tertiary/aromatic N) is 1. The number of anilines is 1. The third-order valence-corrected chi connectivity index (χ3v) is 3.98. The molecule has 3 aromatic rings. The zero-order valence-corrected chi connectivity index (χ0v) is 16.5. The average Bonchev–Trinajstić information content (AvgIpc) is 2.79. The normalized spacial score (nSPS) is 10.3. The molecule has 0 radical (unpaired) electrons. The largest absolute Gasteiger partial charge is 0.460 e. The molecule has 0 unspecified atom stereocenters. The lowest BCUT2D eigenvalue weighted by atomic mass is 10.2. The molecule has 0 bridgehead atoms. The second kappa shape index (κ2) is 10.7. The Balaban J connectivity index is 1.86. The van der Waals surface area contributed by atoms with Crippen LogP contribution < -0.4 is 15.0 Å². The van der Waals surface area contributed by atoms with Crippen molar-refractivity contribution in [1.82, 2.24) is 0 Å². The highest BCUT2D eigenvalue weighted by molar-refractivity contribution is 5.90. The van der Waals surface area contributed by atoms with Crippen molar-refractivity contribution >= 4 is 17.3 Å². The van der Waals surface area contributed by atoms with Gasteiger partial charge in [-0.1, -0.05) is 0 Å². The summed E-state index contributed by atoms with van der Waals surface area (Å²) in [4.78, 5) is 26.4. The molecule has 0 saturated carbocycles. The van der Waals surface area contributed by atoms with Gasteiger partial charge in [-0.15, -0.1) is 4.99 Å². The minimum absolute atomic E-state index is 0.0905. The lowest BCUT2D eigenvalue weighted by Gasteiger charge is -2.12. The molecular weight excluding hydrogens is 424 g/mol. The van der Waals surface area contributed by atoms with Crippen molar-refractivity contribution in [3.63, 3.8) is 0 Å². The number of carbonyl (C=O) groups excluding carboxylic acids is 1. The lowest BCUT2D eigenvalue weighted by Crippen LogP contribution is -2.09. The Morgan fingerprint density at radius 3 is 1.97 bits per heavy atom. The number of hydrogen-bond acceptors (Lipinski definition) is 10. The van der Waals surface area contributed by atoms with Gasteiger partial charge < -0.3 is 19.3 Å². The summed E-state index contributed by atoms with van der Waals surface area (Å²) in [6.07, 6.45) is 0.